The number of hydrogen-bond donors (Lipinski definition) is 1. The van der Waals surface area contributed by atoms with Crippen molar-refractivity contribution in [2.45, 2.75) is 19.5 Å². The van der Waals surface area contributed by atoms with Crippen LogP contribution in [-0.4, -0.2) is 57.2 Å². The van der Waals surface area contributed by atoms with Crippen LogP contribution in [0, 0.1) is 0 Å². The van der Waals surface area contributed by atoms with Crippen LogP contribution >= 0.6 is 0 Å². The summed E-state index contributed by atoms with van der Waals surface area (Å²) in [4.78, 5) is 17.2. The first-order valence-electron chi connectivity index (χ1n) is 9.65. The van der Waals surface area contributed by atoms with E-state index in [4.69, 9.17) is 9.47 Å². The minimum absolute atomic E-state index is 0.0452. The predicted octanol–water partition coefficient (Wildman–Crippen LogP) is 2.53. The van der Waals surface area contributed by atoms with Gasteiger partial charge in [-0.15, -0.1) is 0 Å². The van der Waals surface area contributed by atoms with Gasteiger partial charge < -0.3 is 19.7 Å². The molecule has 1 atom stereocenters. The van der Waals surface area contributed by atoms with Crippen LogP contribution in [0.25, 0.3) is 0 Å². The number of rotatable bonds is 7. The summed E-state index contributed by atoms with van der Waals surface area (Å²) in [6, 6.07) is 15.7. The highest BCUT2D eigenvalue weighted by molar-refractivity contribution is 5.81. The molecule has 1 fully saturated rings. The van der Waals surface area contributed by atoms with E-state index in [0.717, 1.165) is 43.2 Å². The number of nitrogens with zero attached hydrogens (tertiary/aromatic N) is 2. The number of amides is 1. The molecule has 1 aliphatic heterocycles. The maximum atomic E-state index is 12.6. The standard InChI is InChI=1S/C22H29N3O3/c1-17(22(26)23-16-18-6-4-5-7-21(18)28-3)24-12-14-25(15-13-24)19-8-10-20(27-2)11-9-19/h4-11,17H,12-16H2,1-3H3,(H,23,26). The Morgan fingerprint density at radius 1 is 1.00 bits per heavy atom. The first kappa shape index (κ1) is 20.0. The number of anilines is 1. The summed E-state index contributed by atoms with van der Waals surface area (Å²) >= 11 is 0. The maximum absolute atomic E-state index is 12.6. The first-order valence-corrected chi connectivity index (χ1v) is 9.65. The van der Waals surface area contributed by atoms with E-state index in [2.05, 4.69) is 27.2 Å². The van der Waals surface area contributed by atoms with E-state index in [1.807, 2.05) is 43.3 Å². The fourth-order valence-corrected chi connectivity index (χ4v) is 3.51. The van der Waals surface area contributed by atoms with Gasteiger partial charge in [-0.2, -0.15) is 0 Å². The molecule has 6 heteroatoms. The van der Waals surface area contributed by atoms with Crippen molar-refractivity contribution in [3.63, 3.8) is 0 Å². The van der Waals surface area contributed by atoms with Crippen LogP contribution in [-0.2, 0) is 11.3 Å². The Hall–Kier alpha value is -2.73. The second-order valence-electron chi connectivity index (χ2n) is 6.93. The number of carbonyl (C=O) groups excluding carboxylic acids is 1. The van der Waals surface area contributed by atoms with E-state index >= 15 is 0 Å². The fourth-order valence-electron chi connectivity index (χ4n) is 3.51. The summed E-state index contributed by atoms with van der Waals surface area (Å²) in [5.74, 6) is 1.70. The Morgan fingerprint density at radius 2 is 1.68 bits per heavy atom. The third kappa shape index (κ3) is 4.75. The second-order valence-corrected chi connectivity index (χ2v) is 6.93. The lowest BCUT2D eigenvalue weighted by Crippen LogP contribution is -2.53. The zero-order valence-corrected chi connectivity index (χ0v) is 16.9. The van der Waals surface area contributed by atoms with Gasteiger partial charge in [-0.25, -0.2) is 0 Å². The Morgan fingerprint density at radius 3 is 2.32 bits per heavy atom. The fraction of sp³-hybridized carbons (Fsp3) is 0.409. The number of benzene rings is 2. The van der Waals surface area contributed by atoms with Gasteiger partial charge in [0.15, 0.2) is 0 Å². The topological polar surface area (TPSA) is 54.0 Å². The quantitative estimate of drug-likeness (QED) is 0.796. The Labute approximate surface area is 167 Å². The van der Waals surface area contributed by atoms with Gasteiger partial charge in [0.1, 0.15) is 11.5 Å². The van der Waals surface area contributed by atoms with E-state index < -0.39 is 0 Å². The number of piperazine rings is 1. The van der Waals surface area contributed by atoms with Crippen LogP contribution in [0.15, 0.2) is 48.5 Å². The molecule has 28 heavy (non-hydrogen) atoms. The molecule has 1 saturated heterocycles. The van der Waals surface area contributed by atoms with Crippen molar-refractivity contribution in [1.29, 1.82) is 0 Å². The highest BCUT2D eigenvalue weighted by Crippen LogP contribution is 2.21. The van der Waals surface area contributed by atoms with Crippen molar-refractivity contribution < 1.29 is 14.3 Å². The normalized spacial score (nSPS) is 15.8. The molecular weight excluding hydrogens is 354 g/mol. The molecule has 1 unspecified atom stereocenters. The molecule has 2 aromatic carbocycles. The summed E-state index contributed by atoms with van der Waals surface area (Å²) in [6.07, 6.45) is 0. The maximum Gasteiger partial charge on any atom is 0.237 e. The lowest BCUT2D eigenvalue weighted by atomic mass is 10.1. The van der Waals surface area contributed by atoms with E-state index in [9.17, 15) is 4.79 Å². The molecule has 0 radical (unpaired) electrons. The van der Waals surface area contributed by atoms with Gasteiger partial charge in [0.05, 0.1) is 20.3 Å². The minimum atomic E-state index is -0.160. The first-order chi connectivity index (χ1) is 13.6. The number of methoxy groups -OCH3 is 2. The van der Waals surface area contributed by atoms with Crippen molar-refractivity contribution in [3.8, 4) is 11.5 Å². The molecule has 1 heterocycles. The van der Waals surface area contributed by atoms with Crippen LogP contribution in [0.1, 0.15) is 12.5 Å². The highest BCUT2D eigenvalue weighted by Gasteiger charge is 2.25. The Balaban J connectivity index is 1.49. The second kappa shape index (κ2) is 9.46. The summed E-state index contributed by atoms with van der Waals surface area (Å²) in [5, 5.41) is 3.04. The zero-order chi connectivity index (χ0) is 19.9. The number of ether oxygens (including phenoxy) is 2. The highest BCUT2D eigenvalue weighted by atomic mass is 16.5. The van der Waals surface area contributed by atoms with Crippen molar-refractivity contribution in [2.24, 2.45) is 0 Å². The summed E-state index contributed by atoms with van der Waals surface area (Å²) < 4.78 is 10.6. The van der Waals surface area contributed by atoms with E-state index in [1.165, 1.54) is 5.69 Å². The molecule has 2 aromatic rings. The Bertz CT molecular complexity index is 771. The average molecular weight is 383 g/mol. The van der Waals surface area contributed by atoms with E-state index in [0.29, 0.717) is 6.54 Å². The van der Waals surface area contributed by atoms with Gasteiger partial charge in [-0.3, -0.25) is 9.69 Å². The van der Waals surface area contributed by atoms with Crippen LogP contribution in [0.4, 0.5) is 5.69 Å². The monoisotopic (exact) mass is 383 g/mol. The third-order valence-corrected chi connectivity index (χ3v) is 5.32. The zero-order valence-electron chi connectivity index (χ0n) is 16.9. The van der Waals surface area contributed by atoms with E-state index in [-0.39, 0.29) is 11.9 Å². The molecular formula is C22H29N3O3. The molecule has 150 valence electrons. The number of nitrogens with one attached hydrogen (secondary N) is 1. The molecule has 6 nitrogen and oxygen atoms in total. The van der Waals surface area contributed by atoms with Gasteiger partial charge in [-0.05, 0) is 37.3 Å². The molecule has 1 amide bonds. The van der Waals surface area contributed by atoms with Crippen LogP contribution in [0.3, 0.4) is 0 Å². The van der Waals surface area contributed by atoms with Crippen molar-refractivity contribution in [1.82, 2.24) is 10.2 Å². The molecule has 3 rings (SSSR count). The molecule has 0 aromatic heterocycles. The predicted molar refractivity (Wildman–Crippen MR) is 111 cm³/mol. The van der Waals surface area contributed by atoms with Crippen LogP contribution < -0.4 is 19.7 Å². The molecule has 0 aliphatic carbocycles. The van der Waals surface area contributed by atoms with Crippen LogP contribution in [0.5, 0.6) is 11.5 Å². The third-order valence-electron chi connectivity index (χ3n) is 5.32. The van der Waals surface area contributed by atoms with Crippen molar-refractivity contribution in [3.05, 3.63) is 54.1 Å². The number of para-hydroxylation sites is 1. The van der Waals surface area contributed by atoms with E-state index in [1.54, 1.807) is 14.2 Å². The van der Waals surface area contributed by atoms with Crippen molar-refractivity contribution >= 4 is 11.6 Å². The summed E-state index contributed by atoms with van der Waals surface area (Å²) in [7, 11) is 3.32. The van der Waals surface area contributed by atoms with Crippen LogP contribution in [0.2, 0.25) is 0 Å². The molecule has 0 saturated carbocycles. The summed E-state index contributed by atoms with van der Waals surface area (Å²) in [5.41, 5.74) is 2.17. The SMILES string of the molecule is COc1ccc(N2CCN(C(C)C(=O)NCc3ccccc3OC)CC2)cc1. The van der Waals surface area contributed by atoms with Gasteiger partial charge >= 0.3 is 0 Å². The van der Waals surface area contributed by atoms with Gasteiger partial charge in [0.2, 0.25) is 5.91 Å². The lowest BCUT2D eigenvalue weighted by molar-refractivity contribution is -0.126. The average Bonchev–Trinajstić information content (AvgIpc) is 2.77. The molecule has 1 aliphatic rings. The minimum Gasteiger partial charge on any atom is -0.497 e. The Kier molecular flexibility index (Phi) is 6.76. The number of carbonyl (C=O) groups is 1. The molecule has 0 bridgehead atoms. The van der Waals surface area contributed by atoms with Gasteiger partial charge in [-0.1, -0.05) is 18.2 Å². The lowest BCUT2D eigenvalue weighted by Gasteiger charge is -2.38. The largest absolute Gasteiger partial charge is 0.497 e. The molecule has 0 spiro atoms. The number of hydrogen-bond acceptors (Lipinski definition) is 5. The summed E-state index contributed by atoms with van der Waals surface area (Å²) in [6.45, 7) is 5.96. The molecule has 1 N–H and O–H groups in total. The van der Waals surface area contributed by atoms with Gasteiger partial charge in [0.25, 0.3) is 0 Å². The van der Waals surface area contributed by atoms with Crippen molar-refractivity contribution in [2.75, 3.05) is 45.3 Å². The van der Waals surface area contributed by atoms with Gasteiger partial charge in [0, 0.05) is 44.0 Å². The smallest absolute Gasteiger partial charge is 0.237 e.